The number of carbonyl (C=O) groups is 3. The molecule has 1 fully saturated rings. The molecular formula is C60H67ClF2N8O7. The fraction of sp³-hybridized carbons (Fsp3) is 0.250. The van der Waals surface area contributed by atoms with E-state index >= 15 is 8.78 Å². The molecule has 2 atom stereocenters. The number of nitrogens with two attached hydrogens (primary N) is 1. The number of aliphatic hydroxyl groups is 3. The summed E-state index contributed by atoms with van der Waals surface area (Å²) in [7, 11) is 0. The Bertz CT molecular complexity index is 3270. The number of anilines is 2. The van der Waals surface area contributed by atoms with Crippen LogP contribution in [0.3, 0.4) is 0 Å². The zero-order valence-electron chi connectivity index (χ0n) is 43.3. The predicted octanol–water partition coefficient (Wildman–Crippen LogP) is 11.2. The number of rotatable bonds is 14. The van der Waals surface area contributed by atoms with E-state index in [1.807, 2.05) is 42.5 Å². The minimum Gasteiger partial charge on any atom is -0.444 e. The number of aryl methyl sites for hydroxylation is 2. The first-order chi connectivity index (χ1) is 36.4. The highest BCUT2D eigenvalue weighted by molar-refractivity contribution is 6.04. The number of hydrogen-bond acceptors (Lipinski definition) is 10. The molecular weight excluding hydrogens is 1020 g/mol. The number of nitrogens with one attached hydrogen (secondary N) is 3. The molecule has 2 unspecified atom stereocenters. The van der Waals surface area contributed by atoms with E-state index in [1.54, 1.807) is 126 Å². The van der Waals surface area contributed by atoms with E-state index in [1.165, 1.54) is 46.5 Å². The van der Waals surface area contributed by atoms with E-state index in [2.05, 4.69) is 26.1 Å². The molecule has 8 aromatic rings. The Labute approximate surface area is 459 Å². The van der Waals surface area contributed by atoms with Crippen molar-refractivity contribution >= 4 is 41.7 Å². The minimum absolute atomic E-state index is 0. The number of aliphatic hydroxyl groups excluding tert-OH is 3. The molecule has 6 aromatic carbocycles. The minimum atomic E-state index is -1.19. The molecule has 18 heteroatoms. The molecule has 2 aromatic heterocycles. The van der Waals surface area contributed by atoms with Gasteiger partial charge in [0.15, 0.2) is 11.6 Å². The Morgan fingerprint density at radius 2 is 1.08 bits per heavy atom. The molecule has 1 aliphatic carbocycles. The summed E-state index contributed by atoms with van der Waals surface area (Å²) in [6.45, 7) is 9.87. The highest BCUT2D eigenvalue weighted by Crippen LogP contribution is 2.31. The molecule has 0 bridgehead atoms. The molecule has 8 N–H and O–H groups in total. The molecule has 0 spiro atoms. The first-order valence-corrected chi connectivity index (χ1v) is 24.7. The molecule has 410 valence electrons. The van der Waals surface area contributed by atoms with Crippen molar-refractivity contribution in [1.29, 1.82) is 0 Å². The number of hydrogen-bond donors (Lipinski definition) is 7. The zero-order valence-corrected chi connectivity index (χ0v) is 44.1. The molecule has 0 aliphatic heterocycles. The van der Waals surface area contributed by atoms with Crippen LogP contribution in [-0.2, 0) is 17.8 Å². The maximum absolute atomic E-state index is 15.4. The van der Waals surface area contributed by atoms with Crippen LogP contribution in [0.5, 0.6) is 0 Å². The van der Waals surface area contributed by atoms with Gasteiger partial charge < -0.3 is 41.7 Å². The molecule has 2 heterocycles. The SMILES string of the molecule is C.Cc1cc(C(=O)Nc2cccc(C(O)c3ccccc3)c2F)n(-c2cccc(CN)c2)n1.Cc1cc(C(=O)Nc2cccc(C(O)c3ccccc3)c2F)n(-c2cccc(CNC(=O)OC(C)(C)C)c2)n1.Cl.OCC1CC1. The van der Waals surface area contributed by atoms with Gasteiger partial charge in [0.25, 0.3) is 11.8 Å². The molecule has 3 amide bonds. The number of amides is 3. The number of nitrogens with zero attached hydrogens (tertiary/aromatic N) is 4. The number of halogens is 3. The number of aromatic nitrogens is 4. The Morgan fingerprint density at radius 1 is 0.654 bits per heavy atom. The predicted molar refractivity (Wildman–Crippen MR) is 301 cm³/mol. The summed E-state index contributed by atoms with van der Waals surface area (Å²) in [5.74, 6) is -1.81. The van der Waals surface area contributed by atoms with Gasteiger partial charge in [0.1, 0.15) is 29.2 Å². The van der Waals surface area contributed by atoms with E-state index in [0.29, 0.717) is 53.0 Å². The largest absolute Gasteiger partial charge is 0.444 e. The lowest BCUT2D eigenvalue weighted by Crippen LogP contribution is -2.32. The molecule has 0 radical (unpaired) electrons. The number of alkyl carbamates (subject to hydrolysis) is 1. The Balaban J connectivity index is 0.000000261. The van der Waals surface area contributed by atoms with E-state index in [4.69, 9.17) is 15.6 Å². The third-order valence-electron chi connectivity index (χ3n) is 11.8. The van der Waals surface area contributed by atoms with Gasteiger partial charge >= 0.3 is 6.09 Å². The van der Waals surface area contributed by atoms with Crippen LogP contribution in [0.1, 0.15) is 119 Å². The van der Waals surface area contributed by atoms with Crippen molar-refractivity contribution < 1.29 is 43.2 Å². The first kappa shape index (κ1) is 60.8. The van der Waals surface area contributed by atoms with E-state index < -0.39 is 47.4 Å². The van der Waals surface area contributed by atoms with Crippen molar-refractivity contribution in [3.05, 3.63) is 226 Å². The average Bonchev–Trinajstić information content (AvgIpc) is 4.07. The second-order valence-electron chi connectivity index (χ2n) is 19.1. The fourth-order valence-corrected chi connectivity index (χ4v) is 7.84. The summed E-state index contributed by atoms with van der Waals surface area (Å²) in [5.41, 5.74) is 10.9. The first-order valence-electron chi connectivity index (χ1n) is 24.7. The van der Waals surface area contributed by atoms with E-state index in [9.17, 15) is 24.6 Å². The monoisotopic (exact) mass is 1080 g/mol. The standard InChI is InChI=1S/C30H31FN4O4.C25H23FN4O2.C4H8O.CH4.ClH/c1-19-16-25(35(34-19)22-13-8-10-20(17-22)18-32-29(38)39-30(2,3)4)28(37)33-24-15-9-14-23(26(24)31)27(36)21-11-6-5-7-12-21;1-16-13-22(30(29-16)19-10-5-7-17(14-19)15-27)25(32)28-21-12-6-11-20(23(21)26)24(31)18-8-3-2-4-9-18;5-3-4-1-2-4;;/h5-17,27,36H,18H2,1-4H3,(H,32,38)(H,33,37);2-14,24,31H,15,27H2,1H3,(H,28,32);4-5H,1-3H2;1H4;1H. The van der Waals surface area contributed by atoms with Gasteiger partial charge in [-0.3, -0.25) is 9.59 Å². The van der Waals surface area contributed by atoms with Gasteiger partial charge in [0.05, 0.1) is 34.1 Å². The van der Waals surface area contributed by atoms with Crippen molar-refractivity contribution in [2.24, 2.45) is 11.7 Å². The summed E-state index contributed by atoms with van der Waals surface area (Å²) in [4.78, 5) is 38.4. The highest BCUT2D eigenvalue weighted by atomic mass is 35.5. The van der Waals surface area contributed by atoms with Crippen LogP contribution < -0.4 is 21.7 Å². The Hall–Kier alpha value is -8.06. The normalized spacial score (nSPS) is 12.4. The lowest BCUT2D eigenvalue weighted by atomic mass is 10.0. The Morgan fingerprint density at radius 3 is 1.47 bits per heavy atom. The van der Waals surface area contributed by atoms with Crippen LogP contribution in [0.25, 0.3) is 11.4 Å². The maximum atomic E-state index is 15.4. The van der Waals surface area contributed by atoms with E-state index in [0.717, 1.165) is 11.1 Å². The summed E-state index contributed by atoms with van der Waals surface area (Å²) in [6.07, 6.45) is -0.357. The maximum Gasteiger partial charge on any atom is 0.407 e. The average molecular weight is 1090 g/mol. The summed E-state index contributed by atoms with van der Waals surface area (Å²) in [5, 5.41) is 46.3. The lowest BCUT2D eigenvalue weighted by molar-refractivity contribution is 0.0523. The van der Waals surface area contributed by atoms with Crippen LogP contribution in [0.15, 0.2) is 158 Å². The third kappa shape index (κ3) is 16.2. The van der Waals surface area contributed by atoms with Crippen LogP contribution in [-0.4, -0.2) is 65.0 Å². The highest BCUT2D eigenvalue weighted by Gasteiger charge is 2.24. The van der Waals surface area contributed by atoms with Gasteiger partial charge in [-0.25, -0.2) is 22.9 Å². The number of carbonyl (C=O) groups excluding carboxylic acids is 3. The summed E-state index contributed by atoms with van der Waals surface area (Å²) in [6, 6.07) is 44.3. The van der Waals surface area contributed by atoms with E-state index in [-0.39, 0.29) is 60.3 Å². The Kier molecular flexibility index (Phi) is 21.7. The van der Waals surface area contributed by atoms with Gasteiger partial charge in [-0.1, -0.05) is 117 Å². The van der Waals surface area contributed by atoms with Crippen molar-refractivity contribution in [3.8, 4) is 11.4 Å². The van der Waals surface area contributed by atoms with Gasteiger partial charge in [-0.15, -0.1) is 12.4 Å². The number of ether oxygens (including phenoxy) is 1. The second-order valence-corrected chi connectivity index (χ2v) is 19.1. The van der Waals surface area contributed by atoms with Gasteiger partial charge in [0, 0.05) is 30.8 Å². The quantitative estimate of drug-likeness (QED) is 0.0546. The smallest absolute Gasteiger partial charge is 0.407 e. The molecule has 0 saturated heterocycles. The third-order valence-corrected chi connectivity index (χ3v) is 11.8. The van der Waals surface area contributed by atoms with Gasteiger partial charge in [-0.05, 0) is 124 Å². The van der Waals surface area contributed by atoms with Crippen LogP contribution in [0, 0.1) is 31.4 Å². The van der Waals surface area contributed by atoms with Crippen LogP contribution in [0.4, 0.5) is 25.0 Å². The summed E-state index contributed by atoms with van der Waals surface area (Å²) >= 11 is 0. The molecule has 78 heavy (non-hydrogen) atoms. The topological polar surface area (TPSA) is 219 Å². The fourth-order valence-electron chi connectivity index (χ4n) is 7.84. The number of benzene rings is 6. The summed E-state index contributed by atoms with van der Waals surface area (Å²) < 4.78 is 38.8. The van der Waals surface area contributed by atoms with Crippen LogP contribution >= 0.6 is 12.4 Å². The van der Waals surface area contributed by atoms with Crippen molar-refractivity contribution in [3.63, 3.8) is 0 Å². The molecule has 1 aliphatic rings. The molecule has 15 nitrogen and oxygen atoms in total. The van der Waals surface area contributed by atoms with Gasteiger partial charge in [0.2, 0.25) is 0 Å². The molecule has 1 saturated carbocycles. The van der Waals surface area contributed by atoms with Crippen molar-refractivity contribution in [1.82, 2.24) is 24.9 Å². The lowest BCUT2D eigenvalue weighted by Gasteiger charge is -2.19. The van der Waals surface area contributed by atoms with Crippen LogP contribution in [0.2, 0.25) is 0 Å². The van der Waals surface area contributed by atoms with Gasteiger partial charge in [-0.2, -0.15) is 10.2 Å². The zero-order chi connectivity index (χ0) is 54.5. The second kappa shape index (κ2) is 27.8. The van der Waals surface area contributed by atoms with Crippen molar-refractivity contribution in [2.45, 2.75) is 85.8 Å². The molecule has 9 rings (SSSR count). The van der Waals surface area contributed by atoms with Crippen molar-refractivity contribution in [2.75, 3.05) is 17.2 Å².